The lowest BCUT2D eigenvalue weighted by molar-refractivity contribution is -0.149. The van der Waals surface area contributed by atoms with Crippen molar-refractivity contribution in [1.29, 1.82) is 0 Å². The normalized spacial score (nSPS) is 25.5. The lowest BCUT2D eigenvalue weighted by Gasteiger charge is -2.42. The predicted molar refractivity (Wildman–Crippen MR) is 106 cm³/mol. The second kappa shape index (κ2) is 9.80. The van der Waals surface area contributed by atoms with Crippen LogP contribution in [0.1, 0.15) is 52.9 Å². The van der Waals surface area contributed by atoms with E-state index in [2.05, 4.69) is 0 Å². The zero-order valence-electron chi connectivity index (χ0n) is 17.5. The Morgan fingerprint density at radius 1 is 1.14 bits per heavy atom. The molecule has 0 bridgehead atoms. The molecular formula is C19H33BN2O7. The van der Waals surface area contributed by atoms with Crippen molar-refractivity contribution in [3.05, 3.63) is 0 Å². The molecule has 0 spiro atoms. The molecule has 0 aliphatic carbocycles. The standard InChI is InChI=1S/C19H33BN2O7/c1-19(2,3)29-18(26)22-9-5-4-6-15(22)16(23)21-11-13(7-8-20(27)28)10-14(12-21)17(24)25/h13-15,27-28H,4-12H2,1-3H3,(H,24,25)/t13-,14-,15-/m0/s1. The highest BCUT2D eigenvalue weighted by Gasteiger charge is 2.41. The molecule has 0 unspecified atom stereocenters. The Morgan fingerprint density at radius 3 is 2.41 bits per heavy atom. The Balaban J connectivity index is 2.13. The second-order valence-electron chi connectivity index (χ2n) is 9.12. The summed E-state index contributed by atoms with van der Waals surface area (Å²) in [6.45, 7) is 6.20. The van der Waals surface area contributed by atoms with Gasteiger partial charge >= 0.3 is 19.2 Å². The van der Waals surface area contributed by atoms with Gasteiger partial charge in [-0.25, -0.2) is 4.79 Å². The van der Waals surface area contributed by atoms with E-state index in [-0.39, 0.29) is 24.7 Å². The fourth-order valence-corrected chi connectivity index (χ4v) is 4.09. The average molecular weight is 412 g/mol. The number of nitrogens with zero attached hydrogens (tertiary/aromatic N) is 2. The van der Waals surface area contributed by atoms with E-state index >= 15 is 0 Å². The summed E-state index contributed by atoms with van der Waals surface area (Å²) in [6.07, 6.45) is 2.54. The van der Waals surface area contributed by atoms with Crippen LogP contribution in [0.15, 0.2) is 0 Å². The zero-order valence-corrected chi connectivity index (χ0v) is 17.5. The molecule has 29 heavy (non-hydrogen) atoms. The Bertz CT molecular complexity index is 608. The first-order valence-electron chi connectivity index (χ1n) is 10.3. The summed E-state index contributed by atoms with van der Waals surface area (Å²) in [5.41, 5.74) is -0.669. The van der Waals surface area contributed by atoms with Gasteiger partial charge in [-0.1, -0.05) is 6.42 Å². The van der Waals surface area contributed by atoms with Gasteiger partial charge in [0.15, 0.2) is 0 Å². The monoisotopic (exact) mass is 412 g/mol. The SMILES string of the molecule is CC(C)(C)OC(=O)N1CCCC[C@H]1C(=O)N1C[C@@H](CCB(O)O)C[C@H](C(=O)O)C1. The van der Waals surface area contributed by atoms with E-state index in [0.29, 0.717) is 32.4 Å². The van der Waals surface area contributed by atoms with E-state index in [0.717, 1.165) is 12.8 Å². The Morgan fingerprint density at radius 2 is 1.83 bits per heavy atom. The van der Waals surface area contributed by atoms with Gasteiger partial charge in [0.05, 0.1) is 5.92 Å². The van der Waals surface area contributed by atoms with Crippen molar-refractivity contribution >= 4 is 25.1 Å². The summed E-state index contributed by atoms with van der Waals surface area (Å²) in [5, 5.41) is 27.7. The van der Waals surface area contributed by atoms with E-state index in [1.165, 1.54) is 9.80 Å². The van der Waals surface area contributed by atoms with Crippen molar-refractivity contribution in [1.82, 2.24) is 9.80 Å². The minimum Gasteiger partial charge on any atom is -0.481 e. The first-order chi connectivity index (χ1) is 13.5. The fraction of sp³-hybridized carbons (Fsp3) is 0.842. The topological polar surface area (TPSA) is 128 Å². The highest BCUT2D eigenvalue weighted by atomic mass is 16.6. The smallest absolute Gasteiger partial charge is 0.451 e. The molecule has 2 saturated heterocycles. The van der Waals surface area contributed by atoms with Crippen LogP contribution in [-0.4, -0.2) is 81.3 Å². The number of carbonyl (C=O) groups is 3. The van der Waals surface area contributed by atoms with Gasteiger partial charge in [0, 0.05) is 19.6 Å². The molecule has 2 rings (SSSR count). The molecule has 10 heteroatoms. The van der Waals surface area contributed by atoms with Gasteiger partial charge in [0.1, 0.15) is 11.6 Å². The van der Waals surface area contributed by atoms with Crippen LogP contribution in [0.4, 0.5) is 4.79 Å². The van der Waals surface area contributed by atoms with Gasteiger partial charge in [-0.2, -0.15) is 0 Å². The minimum atomic E-state index is -1.45. The van der Waals surface area contributed by atoms with E-state index in [1.807, 2.05) is 0 Å². The summed E-state index contributed by atoms with van der Waals surface area (Å²) >= 11 is 0. The number of piperidine rings is 2. The molecule has 0 aromatic rings. The summed E-state index contributed by atoms with van der Waals surface area (Å²) in [5.74, 6) is -2.05. The largest absolute Gasteiger partial charge is 0.481 e. The summed E-state index contributed by atoms with van der Waals surface area (Å²) in [6, 6.07) is -0.657. The van der Waals surface area contributed by atoms with Crippen LogP contribution in [0.5, 0.6) is 0 Å². The number of amides is 2. The number of likely N-dealkylation sites (tertiary alicyclic amines) is 2. The highest BCUT2D eigenvalue weighted by molar-refractivity contribution is 6.40. The van der Waals surface area contributed by atoms with Gasteiger partial charge in [-0.05, 0) is 58.7 Å². The molecule has 0 aromatic heterocycles. The Labute approximate surface area is 172 Å². The molecule has 9 nitrogen and oxygen atoms in total. The Hall–Kier alpha value is -1.81. The van der Waals surface area contributed by atoms with E-state index in [4.69, 9.17) is 14.8 Å². The van der Waals surface area contributed by atoms with Crippen LogP contribution in [0.25, 0.3) is 0 Å². The predicted octanol–water partition coefficient (Wildman–Crippen LogP) is 1.19. The van der Waals surface area contributed by atoms with E-state index < -0.39 is 36.7 Å². The number of carboxylic acids is 1. The molecule has 164 valence electrons. The van der Waals surface area contributed by atoms with Crippen molar-refractivity contribution in [2.24, 2.45) is 11.8 Å². The number of carboxylic acid groups (broad SMARTS) is 1. The molecule has 2 aliphatic heterocycles. The molecule has 0 saturated carbocycles. The van der Waals surface area contributed by atoms with E-state index in [9.17, 15) is 19.5 Å². The van der Waals surface area contributed by atoms with Crippen molar-refractivity contribution in [2.45, 2.75) is 70.8 Å². The Kier molecular flexibility index (Phi) is 7.93. The van der Waals surface area contributed by atoms with Crippen LogP contribution < -0.4 is 0 Å². The number of hydrogen-bond donors (Lipinski definition) is 3. The quantitative estimate of drug-likeness (QED) is 0.579. The van der Waals surface area contributed by atoms with Crippen LogP contribution in [-0.2, 0) is 14.3 Å². The first-order valence-corrected chi connectivity index (χ1v) is 10.3. The van der Waals surface area contributed by atoms with Crippen LogP contribution in [0, 0.1) is 11.8 Å². The van der Waals surface area contributed by atoms with E-state index in [1.54, 1.807) is 20.8 Å². The first kappa shape index (κ1) is 23.5. The third-order valence-electron chi connectivity index (χ3n) is 5.45. The van der Waals surface area contributed by atoms with Crippen LogP contribution in [0.3, 0.4) is 0 Å². The lowest BCUT2D eigenvalue weighted by Crippen LogP contribution is -2.57. The van der Waals surface area contributed by atoms with Crippen LogP contribution in [0.2, 0.25) is 6.32 Å². The number of rotatable bonds is 5. The molecule has 0 radical (unpaired) electrons. The number of ether oxygens (including phenoxy) is 1. The molecule has 3 N–H and O–H groups in total. The molecule has 3 atom stereocenters. The molecular weight excluding hydrogens is 379 g/mol. The van der Waals surface area contributed by atoms with Gasteiger partial charge in [-0.15, -0.1) is 0 Å². The third-order valence-corrected chi connectivity index (χ3v) is 5.45. The van der Waals surface area contributed by atoms with Crippen molar-refractivity contribution in [3.63, 3.8) is 0 Å². The second-order valence-corrected chi connectivity index (χ2v) is 9.12. The van der Waals surface area contributed by atoms with Gasteiger partial charge < -0.3 is 24.8 Å². The number of carbonyl (C=O) groups excluding carboxylic acids is 2. The maximum atomic E-state index is 13.3. The van der Waals surface area contributed by atoms with Crippen molar-refractivity contribution in [2.75, 3.05) is 19.6 Å². The van der Waals surface area contributed by atoms with Gasteiger partial charge in [0.25, 0.3) is 0 Å². The number of hydrogen-bond acceptors (Lipinski definition) is 6. The molecule has 2 aliphatic rings. The average Bonchev–Trinajstić information content (AvgIpc) is 2.64. The van der Waals surface area contributed by atoms with Crippen LogP contribution >= 0.6 is 0 Å². The number of aliphatic carboxylic acids is 1. The zero-order chi connectivity index (χ0) is 21.8. The van der Waals surface area contributed by atoms with Crippen molar-refractivity contribution in [3.8, 4) is 0 Å². The third kappa shape index (κ3) is 6.88. The molecule has 2 amide bonds. The molecule has 2 fully saturated rings. The van der Waals surface area contributed by atoms with Gasteiger partial charge in [0.2, 0.25) is 5.91 Å². The lowest BCUT2D eigenvalue weighted by atomic mass is 9.77. The highest BCUT2D eigenvalue weighted by Crippen LogP contribution is 2.29. The maximum absolute atomic E-state index is 13.3. The van der Waals surface area contributed by atoms with Gasteiger partial charge in [-0.3, -0.25) is 14.5 Å². The maximum Gasteiger partial charge on any atom is 0.451 e. The van der Waals surface area contributed by atoms with Crippen molar-refractivity contribution < 1.29 is 34.3 Å². The molecule has 2 heterocycles. The summed E-state index contributed by atoms with van der Waals surface area (Å²) in [7, 11) is -1.45. The minimum absolute atomic E-state index is 0.102. The summed E-state index contributed by atoms with van der Waals surface area (Å²) in [4.78, 5) is 40.5. The molecule has 0 aromatic carbocycles. The fourth-order valence-electron chi connectivity index (χ4n) is 4.09. The summed E-state index contributed by atoms with van der Waals surface area (Å²) < 4.78 is 5.46.